The van der Waals surface area contributed by atoms with Gasteiger partial charge in [0.05, 0.1) is 10.0 Å². The molecule has 0 radical (unpaired) electrons. The highest BCUT2D eigenvalue weighted by molar-refractivity contribution is 6.42. The van der Waals surface area contributed by atoms with Gasteiger partial charge in [0.1, 0.15) is 0 Å². The molecule has 1 saturated carbocycles. The molecule has 1 aromatic rings. The van der Waals surface area contributed by atoms with E-state index in [9.17, 15) is 0 Å². The molecule has 3 rings (SSSR count). The van der Waals surface area contributed by atoms with E-state index in [1.165, 1.54) is 18.4 Å². The maximum Gasteiger partial charge on any atom is 0.0595 e. The second-order valence-electron chi connectivity index (χ2n) is 5.66. The molecule has 1 heterocycles. The Morgan fingerprint density at radius 2 is 2.12 bits per heavy atom. The van der Waals surface area contributed by atoms with E-state index < -0.39 is 0 Å². The van der Waals surface area contributed by atoms with Crippen LogP contribution in [0.15, 0.2) is 18.2 Å². The zero-order valence-electron chi connectivity index (χ0n) is 9.97. The van der Waals surface area contributed by atoms with Crippen molar-refractivity contribution < 1.29 is 0 Å². The smallest absolute Gasteiger partial charge is 0.0595 e. The number of halogens is 2. The minimum atomic E-state index is 0.299. The Bertz CT molecular complexity index is 446. The Morgan fingerprint density at radius 3 is 2.88 bits per heavy atom. The van der Waals surface area contributed by atoms with Crippen molar-refractivity contribution in [2.75, 3.05) is 13.1 Å². The van der Waals surface area contributed by atoms with Gasteiger partial charge in [-0.05, 0) is 48.9 Å². The van der Waals surface area contributed by atoms with Crippen LogP contribution in [0.25, 0.3) is 0 Å². The maximum atomic E-state index is 6.16. The number of hydrogen-bond acceptors (Lipinski definition) is 1. The third-order valence-electron chi connectivity index (χ3n) is 4.51. The molecule has 92 valence electrons. The minimum absolute atomic E-state index is 0.299. The molecule has 17 heavy (non-hydrogen) atoms. The van der Waals surface area contributed by atoms with Crippen LogP contribution in [-0.4, -0.2) is 13.1 Å². The van der Waals surface area contributed by atoms with E-state index in [1.54, 1.807) is 0 Å². The van der Waals surface area contributed by atoms with Gasteiger partial charge < -0.3 is 5.32 Å². The fraction of sp³-hybridized carbons (Fsp3) is 0.571. The van der Waals surface area contributed by atoms with Crippen LogP contribution >= 0.6 is 23.2 Å². The monoisotopic (exact) mass is 269 g/mol. The molecular formula is C14H17Cl2N. The third-order valence-corrected chi connectivity index (χ3v) is 5.25. The van der Waals surface area contributed by atoms with Crippen molar-refractivity contribution in [2.24, 2.45) is 11.8 Å². The molecule has 1 nitrogen and oxygen atoms in total. The summed E-state index contributed by atoms with van der Waals surface area (Å²) in [7, 11) is 0. The summed E-state index contributed by atoms with van der Waals surface area (Å²) in [5, 5.41) is 4.88. The SMILES string of the molecule is CC1CC2CNCC2(c2ccc(Cl)c(Cl)c2)C1. The second kappa shape index (κ2) is 4.15. The van der Waals surface area contributed by atoms with Gasteiger partial charge in [-0.25, -0.2) is 0 Å². The lowest BCUT2D eigenvalue weighted by molar-refractivity contribution is 0.399. The van der Waals surface area contributed by atoms with Gasteiger partial charge in [0.25, 0.3) is 0 Å². The standard InChI is InChI=1S/C14H17Cl2N/c1-9-4-11-7-17-8-14(11,6-9)10-2-3-12(15)13(16)5-10/h2-3,5,9,11,17H,4,6-8H2,1H3. The Kier molecular flexibility index (Phi) is 2.89. The second-order valence-corrected chi connectivity index (χ2v) is 6.47. The molecule has 2 fully saturated rings. The molecule has 0 amide bonds. The summed E-state index contributed by atoms with van der Waals surface area (Å²) in [5.41, 5.74) is 1.67. The maximum absolute atomic E-state index is 6.16. The molecule has 3 unspecified atom stereocenters. The van der Waals surface area contributed by atoms with Gasteiger partial charge in [-0.1, -0.05) is 36.2 Å². The van der Waals surface area contributed by atoms with Crippen LogP contribution in [-0.2, 0) is 5.41 Å². The molecule has 0 spiro atoms. The predicted octanol–water partition coefficient (Wildman–Crippen LogP) is 3.88. The first-order valence-electron chi connectivity index (χ1n) is 6.28. The summed E-state index contributed by atoms with van der Waals surface area (Å²) in [6.45, 7) is 4.59. The summed E-state index contributed by atoms with van der Waals surface area (Å²) >= 11 is 12.2. The summed E-state index contributed by atoms with van der Waals surface area (Å²) in [5.74, 6) is 1.58. The quantitative estimate of drug-likeness (QED) is 0.816. The molecule has 1 aromatic carbocycles. The fourth-order valence-electron chi connectivity index (χ4n) is 3.81. The zero-order chi connectivity index (χ0) is 12.0. The van der Waals surface area contributed by atoms with Gasteiger partial charge in [0, 0.05) is 12.0 Å². The first kappa shape index (κ1) is 11.8. The lowest BCUT2D eigenvalue weighted by atomic mass is 9.74. The lowest BCUT2D eigenvalue weighted by Gasteiger charge is -2.29. The third kappa shape index (κ3) is 1.80. The number of fused-ring (bicyclic) bond motifs is 1. The molecule has 0 aromatic heterocycles. The molecule has 3 heteroatoms. The van der Waals surface area contributed by atoms with Crippen LogP contribution in [0.4, 0.5) is 0 Å². The Hall–Kier alpha value is -0.240. The van der Waals surface area contributed by atoms with Gasteiger partial charge in [-0.3, -0.25) is 0 Å². The summed E-state index contributed by atoms with van der Waals surface area (Å²) in [4.78, 5) is 0. The van der Waals surface area contributed by atoms with Gasteiger partial charge in [-0.2, -0.15) is 0 Å². The Morgan fingerprint density at radius 1 is 1.29 bits per heavy atom. The van der Waals surface area contributed by atoms with E-state index in [0.29, 0.717) is 15.5 Å². The average Bonchev–Trinajstić information content (AvgIpc) is 2.78. The van der Waals surface area contributed by atoms with Crippen LogP contribution in [0.2, 0.25) is 10.0 Å². The molecule has 1 aliphatic carbocycles. The molecule has 0 bridgehead atoms. The highest BCUT2D eigenvalue weighted by Crippen LogP contribution is 2.50. The normalized spacial score (nSPS) is 36.2. The molecule has 2 aliphatic rings. The van der Waals surface area contributed by atoms with Crippen LogP contribution in [0.1, 0.15) is 25.3 Å². The van der Waals surface area contributed by atoms with E-state index in [1.807, 2.05) is 6.07 Å². The van der Waals surface area contributed by atoms with Crippen molar-refractivity contribution in [3.8, 4) is 0 Å². The summed E-state index contributed by atoms with van der Waals surface area (Å²) in [6, 6.07) is 6.17. The van der Waals surface area contributed by atoms with Crippen LogP contribution in [0.5, 0.6) is 0 Å². The first-order chi connectivity index (χ1) is 8.12. The van der Waals surface area contributed by atoms with E-state index in [-0.39, 0.29) is 0 Å². The van der Waals surface area contributed by atoms with Crippen LogP contribution < -0.4 is 5.32 Å². The molecule has 1 N–H and O–H groups in total. The number of benzene rings is 1. The largest absolute Gasteiger partial charge is 0.316 e. The molecular weight excluding hydrogens is 253 g/mol. The number of hydrogen-bond donors (Lipinski definition) is 1. The van der Waals surface area contributed by atoms with Crippen molar-refractivity contribution in [3.63, 3.8) is 0 Å². The lowest BCUT2D eigenvalue weighted by Crippen LogP contribution is -2.31. The number of nitrogens with one attached hydrogen (secondary N) is 1. The van der Waals surface area contributed by atoms with Gasteiger partial charge in [-0.15, -0.1) is 0 Å². The highest BCUT2D eigenvalue weighted by atomic mass is 35.5. The van der Waals surface area contributed by atoms with Gasteiger partial charge in [0.2, 0.25) is 0 Å². The van der Waals surface area contributed by atoms with Crippen molar-refractivity contribution in [3.05, 3.63) is 33.8 Å². The van der Waals surface area contributed by atoms with E-state index in [0.717, 1.165) is 24.9 Å². The highest BCUT2D eigenvalue weighted by Gasteiger charge is 2.49. The average molecular weight is 270 g/mol. The van der Waals surface area contributed by atoms with Crippen LogP contribution in [0.3, 0.4) is 0 Å². The van der Waals surface area contributed by atoms with Crippen molar-refractivity contribution in [1.82, 2.24) is 5.32 Å². The van der Waals surface area contributed by atoms with Crippen molar-refractivity contribution in [2.45, 2.75) is 25.2 Å². The minimum Gasteiger partial charge on any atom is -0.316 e. The topological polar surface area (TPSA) is 12.0 Å². The summed E-state index contributed by atoms with van der Waals surface area (Å²) < 4.78 is 0. The summed E-state index contributed by atoms with van der Waals surface area (Å²) in [6.07, 6.45) is 2.59. The molecule has 3 atom stereocenters. The van der Waals surface area contributed by atoms with E-state index in [4.69, 9.17) is 23.2 Å². The Balaban J connectivity index is 2.04. The fourth-order valence-corrected chi connectivity index (χ4v) is 4.11. The van der Waals surface area contributed by atoms with Crippen molar-refractivity contribution >= 4 is 23.2 Å². The predicted molar refractivity (Wildman–Crippen MR) is 72.9 cm³/mol. The molecule has 1 aliphatic heterocycles. The van der Waals surface area contributed by atoms with Crippen molar-refractivity contribution in [1.29, 1.82) is 0 Å². The number of rotatable bonds is 1. The van der Waals surface area contributed by atoms with Gasteiger partial charge in [0.15, 0.2) is 0 Å². The first-order valence-corrected chi connectivity index (χ1v) is 7.04. The van der Waals surface area contributed by atoms with E-state index in [2.05, 4.69) is 24.4 Å². The zero-order valence-corrected chi connectivity index (χ0v) is 11.5. The van der Waals surface area contributed by atoms with Crippen LogP contribution in [0, 0.1) is 11.8 Å². The van der Waals surface area contributed by atoms with E-state index >= 15 is 0 Å². The Labute approximate surface area is 112 Å². The van der Waals surface area contributed by atoms with Gasteiger partial charge >= 0.3 is 0 Å². The molecule has 1 saturated heterocycles.